The van der Waals surface area contributed by atoms with E-state index in [9.17, 15) is 9.59 Å². The van der Waals surface area contributed by atoms with E-state index in [-0.39, 0.29) is 30.3 Å². The van der Waals surface area contributed by atoms with Gasteiger partial charge in [0.1, 0.15) is 0 Å². The van der Waals surface area contributed by atoms with Crippen molar-refractivity contribution >= 4 is 24.2 Å². The molecule has 2 amide bonds. The van der Waals surface area contributed by atoms with Gasteiger partial charge in [-0.1, -0.05) is 13.8 Å². The maximum Gasteiger partial charge on any atom is 0.224 e. The molecule has 1 atom stereocenters. The van der Waals surface area contributed by atoms with Crippen LogP contribution in [0.4, 0.5) is 0 Å². The molecule has 1 heterocycles. The quantitative estimate of drug-likeness (QED) is 0.764. The summed E-state index contributed by atoms with van der Waals surface area (Å²) in [6.45, 7) is 5.77. The van der Waals surface area contributed by atoms with E-state index in [1.807, 2.05) is 18.7 Å². The van der Waals surface area contributed by atoms with Gasteiger partial charge in [0, 0.05) is 38.5 Å². The van der Waals surface area contributed by atoms with Crippen molar-refractivity contribution in [1.29, 1.82) is 0 Å². The van der Waals surface area contributed by atoms with Crippen LogP contribution in [0.3, 0.4) is 0 Å². The summed E-state index contributed by atoms with van der Waals surface area (Å²) < 4.78 is 0. The van der Waals surface area contributed by atoms with Crippen LogP contribution in [0.15, 0.2) is 0 Å². The van der Waals surface area contributed by atoms with Crippen LogP contribution in [0.25, 0.3) is 0 Å². The summed E-state index contributed by atoms with van der Waals surface area (Å²) in [6, 6.07) is 0.198. The monoisotopic (exact) mass is 291 g/mol. The number of nitrogens with one attached hydrogen (secondary N) is 1. The number of rotatable bonds is 6. The summed E-state index contributed by atoms with van der Waals surface area (Å²) in [4.78, 5) is 25.2. The molecule has 19 heavy (non-hydrogen) atoms. The lowest BCUT2D eigenvalue weighted by Gasteiger charge is -2.23. The Kier molecular flexibility index (Phi) is 8.76. The number of likely N-dealkylation sites (tertiary alicyclic amines) is 1. The third-order valence-corrected chi connectivity index (χ3v) is 3.22. The van der Waals surface area contributed by atoms with Crippen LogP contribution < -0.4 is 11.1 Å². The second-order valence-corrected chi connectivity index (χ2v) is 5.32. The maximum absolute atomic E-state index is 11.9. The number of halogens is 1. The Balaban J connectivity index is 0.00000324. The first kappa shape index (κ1) is 18.2. The Morgan fingerprint density at radius 3 is 2.68 bits per heavy atom. The van der Waals surface area contributed by atoms with E-state index in [0.29, 0.717) is 31.8 Å². The van der Waals surface area contributed by atoms with Crippen LogP contribution >= 0.6 is 12.4 Å². The van der Waals surface area contributed by atoms with Crippen molar-refractivity contribution in [2.24, 2.45) is 11.7 Å². The molecule has 6 heteroatoms. The lowest BCUT2D eigenvalue weighted by Crippen LogP contribution is -2.41. The van der Waals surface area contributed by atoms with Gasteiger partial charge >= 0.3 is 0 Å². The van der Waals surface area contributed by atoms with Gasteiger partial charge in [0.15, 0.2) is 0 Å². The summed E-state index contributed by atoms with van der Waals surface area (Å²) in [6.07, 6.45) is 2.93. The summed E-state index contributed by atoms with van der Waals surface area (Å²) in [5.41, 5.74) is 5.63. The zero-order valence-corrected chi connectivity index (χ0v) is 12.7. The highest BCUT2D eigenvalue weighted by atomic mass is 35.5. The van der Waals surface area contributed by atoms with E-state index < -0.39 is 0 Å². The molecule has 1 unspecified atom stereocenters. The lowest BCUT2D eigenvalue weighted by molar-refractivity contribution is -0.131. The molecule has 0 aliphatic carbocycles. The van der Waals surface area contributed by atoms with E-state index in [1.165, 1.54) is 0 Å². The van der Waals surface area contributed by atoms with E-state index >= 15 is 0 Å². The Labute approximate surface area is 121 Å². The minimum Gasteiger partial charge on any atom is -0.356 e. The highest BCUT2D eigenvalue weighted by molar-refractivity contribution is 5.85. The summed E-state index contributed by atoms with van der Waals surface area (Å²) in [5.74, 6) is 0.475. The molecule has 112 valence electrons. The fraction of sp³-hybridized carbons (Fsp3) is 0.846. The van der Waals surface area contributed by atoms with Crippen LogP contribution in [0, 0.1) is 5.92 Å². The number of carbonyl (C=O) groups excluding carboxylic acids is 2. The Bertz CT molecular complexity index is 298. The lowest BCUT2D eigenvalue weighted by atomic mass is 10.1. The fourth-order valence-electron chi connectivity index (χ4n) is 2.30. The first-order valence-corrected chi connectivity index (χ1v) is 6.80. The molecule has 0 radical (unpaired) electrons. The molecular weight excluding hydrogens is 266 g/mol. The number of nitrogens with two attached hydrogens (primary N) is 1. The fourth-order valence-corrected chi connectivity index (χ4v) is 2.30. The SMILES string of the molecule is CC(C)CC(=O)NCCC(=O)N1CCCC1CN.Cl. The van der Waals surface area contributed by atoms with Crippen molar-refractivity contribution in [3.05, 3.63) is 0 Å². The van der Waals surface area contributed by atoms with Gasteiger partial charge in [-0.05, 0) is 18.8 Å². The average Bonchev–Trinajstić information content (AvgIpc) is 2.75. The van der Waals surface area contributed by atoms with E-state index in [1.54, 1.807) is 0 Å². The van der Waals surface area contributed by atoms with Crippen LogP contribution in [-0.4, -0.2) is 42.4 Å². The van der Waals surface area contributed by atoms with Crippen molar-refractivity contribution < 1.29 is 9.59 Å². The number of amides is 2. The minimum atomic E-state index is 0. The first-order valence-electron chi connectivity index (χ1n) is 6.80. The molecule has 3 N–H and O–H groups in total. The number of hydrogen-bond acceptors (Lipinski definition) is 3. The molecule has 0 saturated carbocycles. The molecule has 0 aromatic carbocycles. The summed E-state index contributed by atoms with van der Waals surface area (Å²) >= 11 is 0. The summed E-state index contributed by atoms with van der Waals surface area (Å²) in [5, 5.41) is 2.78. The van der Waals surface area contributed by atoms with Gasteiger partial charge in [-0.25, -0.2) is 0 Å². The molecule has 1 saturated heterocycles. The maximum atomic E-state index is 11.9. The van der Waals surface area contributed by atoms with Crippen molar-refractivity contribution in [2.45, 2.75) is 45.6 Å². The zero-order chi connectivity index (χ0) is 13.5. The zero-order valence-electron chi connectivity index (χ0n) is 11.9. The van der Waals surface area contributed by atoms with Gasteiger partial charge in [-0.15, -0.1) is 12.4 Å². The van der Waals surface area contributed by atoms with Crippen molar-refractivity contribution in [1.82, 2.24) is 10.2 Å². The minimum absolute atomic E-state index is 0. The van der Waals surface area contributed by atoms with Gasteiger partial charge < -0.3 is 16.0 Å². The molecule has 0 spiro atoms. The third kappa shape index (κ3) is 6.25. The normalized spacial score (nSPS) is 18.3. The van der Waals surface area contributed by atoms with E-state index in [2.05, 4.69) is 5.32 Å². The third-order valence-electron chi connectivity index (χ3n) is 3.22. The smallest absolute Gasteiger partial charge is 0.224 e. The van der Waals surface area contributed by atoms with Crippen LogP contribution in [-0.2, 0) is 9.59 Å². The predicted molar refractivity (Wildman–Crippen MR) is 78.1 cm³/mol. The van der Waals surface area contributed by atoms with Gasteiger partial charge in [0.25, 0.3) is 0 Å². The van der Waals surface area contributed by atoms with Crippen molar-refractivity contribution in [2.75, 3.05) is 19.6 Å². The average molecular weight is 292 g/mol. The molecule has 1 aliphatic heterocycles. The standard InChI is InChI=1S/C13H25N3O2.ClH/c1-10(2)8-12(17)15-6-5-13(18)16-7-3-4-11(16)9-14;/h10-11H,3-9,14H2,1-2H3,(H,15,17);1H. The van der Waals surface area contributed by atoms with Crippen LogP contribution in [0.2, 0.25) is 0 Å². The summed E-state index contributed by atoms with van der Waals surface area (Å²) in [7, 11) is 0. The number of hydrogen-bond donors (Lipinski definition) is 2. The molecule has 1 rings (SSSR count). The predicted octanol–water partition coefficient (Wildman–Crippen LogP) is 0.910. The van der Waals surface area contributed by atoms with E-state index in [0.717, 1.165) is 19.4 Å². The number of carbonyl (C=O) groups is 2. The highest BCUT2D eigenvalue weighted by Crippen LogP contribution is 2.16. The Hall–Kier alpha value is -0.810. The van der Waals surface area contributed by atoms with Gasteiger partial charge in [-0.3, -0.25) is 9.59 Å². The molecule has 1 aliphatic rings. The second kappa shape index (κ2) is 9.15. The molecular formula is C13H26ClN3O2. The molecule has 5 nitrogen and oxygen atoms in total. The van der Waals surface area contributed by atoms with Gasteiger partial charge in [0.2, 0.25) is 11.8 Å². The van der Waals surface area contributed by atoms with Crippen LogP contribution in [0.1, 0.15) is 39.5 Å². The van der Waals surface area contributed by atoms with Crippen molar-refractivity contribution in [3.8, 4) is 0 Å². The van der Waals surface area contributed by atoms with Gasteiger partial charge in [0.05, 0.1) is 0 Å². The topological polar surface area (TPSA) is 75.4 Å². The Morgan fingerprint density at radius 1 is 1.42 bits per heavy atom. The van der Waals surface area contributed by atoms with Gasteiger partial charge in [-0.2, -0.15) is 0 Å². The first-order chi connectivity index (χ1) is 8.54. The number of nitrogens with zero attached hydrogens (tertiary/aromatic N) is 1. The van der Waals surface area contributed by atoms with Crippen LogP contribution in [0.5, 0.6) is 0 Å². The molecule has 1 fully saturated rings. The Morgan fingerprint density at radius 2 is 2.11 bits per heavy atom. The molecule has 0 aromatic rings. The highest BCUT2D eigenvalue weighted by Gasteiger charge is 2.26. The van der Waals surface area contributed by atoms with Crippen molar-refractivity contribution in [3.63, 3.8) is 0 Å². The van der Waals surface area contributed by atoms with E-state index in [4.69, 9.17) is 5.73 Å². The largest absolute Gasteiger partial charge is 0.356 e. The molecule has 0 aromatic heterocycles. The molecule has 0 bridgehead atoms. The second-order valence-electron chi connectivity index (χ2n) is 5.32.